The third-order valence-corrected chi connectivity index (χ3v) is 6.75. The molecular weight excluding hydrogens is 432 g/mol. The van der Waals surface area contributed by atoms with Gasteiger partial charge in [0.1, 0.15) is 0 Å². The lowest BCUT2D eigenvalue weighted by molar-refractivity contribution is 0.0940. The molecule has 0 saturated carbocycles. The van der Waals surface area contributed by atoms with Gasteiger partial charge >= 0.3 is 0 Å². The van der Waals surface area contributed by atoms with Gasteiger partial charge < -0.3 is 5.32 Å². The van der Waals surface area contributed by atoms with Crippen molar-refractivity contribution in [3.63, 3.8) is 0 Å². The summed E-state index contributed by atoms with van der Waals surface area (Å²) in [6.07, 6.45) is 0. The fourth-order valence-electron chi connectivity index (χ4n) is 3.24. The maximum Gasteiger partial charge on any atom is 0.261 e. The van der Waals surface area contributed by atoms with Crippen molar-refractivity contribution < 1.29 is 13.2 Å². The van der Waals surface area contributed by atoms with E-state index in [0.29, 0.717) is 5.56 Å². The number of aryl methyl sites for hydroxylation is 3. The van der Waals surface area contributed by atoms with Gasteiger partial charge in [-0.1, -0.05) is 53.1 Å². The Morgan fingerprint density at radius 1 is 0.903 bits per heavy atom. The maximum atomic E-state index is 12.7. The molecule has 1 atom stereocenters. The Morgan fingerprint density at radius 3 is 2.19 bits per heavy atom. The number of amides is 1. The highest BCUT2D eigenvalue weighted by atomic mass is 35.5. The van der Waals surface area contributed by atoms with Crippen molar-refractivity contribution in [3.8, 4) is 0 Å². The first-order valence-corrected chi connectivity index (χ1v) is 11.7. The van der Waals surface area contributed by atoms with Gasteiger partial charge in [0, 0.05) is 5.56 Å². The first-order chi connectivity index (χ1) is 14.6. The summed E-state index contributed by atoms with van der Waals surface area (Å²) in [5, 5.41) is 3.11. The van der Waals surface area contributed by atoms with Crippen LogP contribution in [0.4, 0.5) is 5.69 Å². The Labute approximate surface area is 188 Å². The van der Waals surface area contributed by atoms with Gasteiger partial charge in [-0.05, 0) is 69.2 Å². The summed E-state index contributed by atoms with van der Waals surface area (Å²) >= 11 is 6.28. The predicted octanol–water partition coefficient (Wildman–Crippen LogP) is 5.56. The molecule has 0 saturated heterocycles. The molecule has 3 rings (SSSR count). The van der Waals surface area contributed by atoms with Crippen molar-refractivity contribution >= 4 is 33.2 Å². The minimum absolute atomic E-state index is 0.137. The van der Waals surface area contributed by atoms with Crippen LogP contribution >= 0.6 is 11.6 Å². The van der Waals surface area contributed by atoms with Gasteiger partial charge in [0.25, 0.3) is 15.9 Å². The zero-order valence-corrected chi connectivity index (χ0v) is 19.4. The molecule has 0 aliphatic rings. The van der Waals surface area contributed by atoms with Crippen LogP contribution in [0.2, 0.25) is 5.02 Å². The van der Waals surface area contributed by atoms with Crippen molar-refractivity contribution in [1.82, 2.24) is 5.32 Å². The van der Waals surface area contributed by atoms with Gasteiger partial charge in [-0.2, -0.15) is 0 Å². The summed E-state index contributed by atoms with van der Waals surface area (Å²) in [6.45, 7) is 7.81. The number of rotatable bonds is 6. The Hall–Kier alpha value is -2.83. The van der Waals surface area contributed by atoms with Crippen molar-refractivity contribution in [1.29, 1.82) is 0 Å². The fraction of sp³-hybridized carbons (Fsp3) is 0.208. The number of anilines is 1. The van der Waals surface area contributed by atoms with E-state index in [1.165, 1.54) is 24.3 Å². The number of hydrogen-bond donors (Lipinski definition) is 2. The quantitative estimate of drug-likeness (QED) is 0.510. The minimum Gasteiger partial charge on any atom is -0.346 e. The topological polar surface area (TPSA) is 75.3 Å². The molecule has 0 aliphatic carbocycles. The first-order valence-electron chi connectivity index (χ1n) is 9.84. The summed E-state index contributed by atoms with van der Waals surface area (Å²) in [5.74, 6) is -0.289. The zero-order valence-electron chi connectivity index (χ0n) is 17.9. The van der Waals surface area contributed by atoms with Crippen molar-refractivity contribution in [2.45, 2.75) is 38.6 Å². The van der Waals surface area contributed by atoms with E-state index in [-0.39, 0.29) is 27.6 Å². The van der Waals surface area contributed by atoms with Crippen molar-refractivity contribution in [3.05, 3.63) is 93.5 Å². The summed E-state index contributed by atoms with van der Waals surface area (Å²) in [6, 6.07) is 16.9. The molecule has 0 spiro atoms. The molecular formula is C24H25ClN2O3S. The van der Waals surface area contributed by atoms with Crippen LogP contribution in [0.1, 0.15) is 45.6 Å². The van der Waals surface area contributed by atoms with E-state index in [9.17, 15) is 13.2 Å². The smallest absolute Gasteiger partial charge is 0.261 e. The van der Waals surface area contributed by atoms with Gasteiger partial charge in [-0.3, -0.25) is 9.52 Å². The van der Waals surface area contributed by atoms with Crippen LogP contribution in [0.3, 0.4) is 0 Å². The number of carbonyl (C=O) groups excluding carboxylic acids is 1. The third kappa shape index (κ3) is 5.46. The number of nitrogens with one attached hydrogen (secondary N) is 2. The van der Waals surface area contributed by atoms with Crippen molar-refractivity contribution in [2.24, 2.45) is 0 Å². The van der Waals surface area contributed by atoms with Gasteiger partial charge in [0.2, 0.25) is 0 Å². The average Bonchev–Trinajstić information content (AvgIpc) is 2.71. The second kappa shape index (κ2) is 9.12. The highest BCUT2D eigenvalue weighted by Crippen LogP contribution is 2.27. The Bertz CT molecular complexity index is 1220. The van der Waals surface area contributed by atoms with Crippen LogP contribution in [0.5, 0.6) is 0 Å². The van der Waals surface area contributed by atoms with E-state index in [1.54, 1.807) is 18.2 Å². The molecule has 0 unspecified atom stereocenters. The number of sulfonamides is 1. The highest BCUT2D eigenvalue weighted by Gasteiger charge is 2.18. The van der Waals surface area contributed by atoms with E-state index < -0.39 is 10.0 Å². The van der Waals surface area contributed by atoms with Crippen LogP contribution in [0, 0.1) is 20.8 Å². The molecule has 31 heavy (non-hydrogen) atoms. The van der Waals surface area contributed by atoms with Crippen LogP contribution in [-0.4, -0.2) is 14.3 Å². The molecule has 162 valence electrons. The first kappa shape index (κ1) is 22.8. The molecule has 3 aromatic carbocycles. The SMILES string of the molecule is Cc1ccc(S(=O)(=O)Nc2ccc(C(=O)N[C@H](C)c3cc(C)ccc3C)cc2Cl)cc1. The second-order valence-electron chi connectivity index (χ2n) is 7.67. The van der Waals surface area contributed by atoms with Crippen molar-refractivity contribution in [2.75, 3.05) is 4.72 Å². The summed E-state index contributed by atoms with van der Waals surface area (Å²) < 4.78 is 27.7. The Balaban J connectivity index is 1.76. The second-order valence-corrected chi connectivity index (χ2v) is 9.76. The van der Waals surface area contributed by atoms with Gasteiger partial charge in [-0.25, -0.2) is 8.42 Å². The number of benzene rings is 3. The van der Waals surface area contributed by atoms with Crippen LogP contribution < -0.4 is 10.0 Å². The standard InChI is InChI=1S/C24H25ClN2O3S/c1-15-6-10-20(11-7-15)31(29,30)27-23-12-9-19(14-22(23)25)24(28)26-18(4)21-13-16(2)5-8-17(21)3/h5-14,18,27H,1-4H3,(H,26,28)/t18-/m1/s1. The molecule has 0 aromatic heterocycles. The molecule has 0 fully saturated rings. The summed E-state index contributed by atoms with van der Waals surface area (Å²) in [5.41, 5.74) is 4.78. The fourth-order valence-corrected chi connectivity index (χ4v) is 4.61. The lowest BCUT2D eigenvalue weighted by atomic mass is 9.99. The summed E-state index contributed by atoms with van der Waals surface area (Å²) in [7, 11) is -3.78. The highest BCUT2D eigenvalue weighted by molar-refractivity contribution is 7.92. The van der Waals surface area contributed by atoms with Gasteiger partial charge in [0.05, 0.1) is 21.6 Å². The molecule has 1 amide bonds. The molecule has 0 heterocycles. The Kier molecular flexibility index (Phi) is 6.72. The van der Waals surface area contributed by atoms with E-state index in [2.05, 4.69) is 16.1 Å². The molecule has 3 aromatic rings. The van der Waals surface area contributed by atoms with Crippen LogP contribution in [0.25, 0.3) is 0 Å². The minimum atomic E-state index is -3.78. The number of halogens is 1. The van der Waals surface area contributed by atoms with E-state index in [1.807, 2.05) is 39.8 Å². The molecule has 0 bridgehead atoms. The molecule has 0 radical (unpaired) electrons. The lowest BCUT2D eigenvalue weighted by Crippen LogP contribution is -2.27. The van der Waals surface area contributed by atoms with Crippen LogP contribution in [-0.2, 0) is 10.0 Å². The normalized spacial score (nSPS) is 12.3. The zero-order chi connectivity index (χ0) is 22.8. The largest absolute Gasteiger partial charge is 0.346 e. The number of carbonyl (C=O) groups is 1. The Morgan fingerprint density at radius 2 is 1.55 bits per heavy atom. The van der Waals surface area contributed by atoms with Gasteiger partial charge in [0.15, 0.2) is 0 Å². The molecule has 0 aliphatic heterocycles. The van der Waals surface area contributed by atoms with E-state index in [0.717, 1.165) is 22.3 Å². The lowest BCUT2D eigenvalue weighted by Gasteiger charge is -2.18. The third-order valence-electron chi connectivity index (χ3n) is 5.06. The maximum absolute atomic E-state index is 12.7. The van der Waals surface area contributed by atoms with Gasteiger partial charge in [-0.15, -0.1) is 0 Å². The average molecular weight is 457 g/mol. The monoisotopic (exact) mass is 456 g/mol. The number of hydrogen-bond acceptors (Lipinski definition) is 3. The molecule has 5 nitrogen and oxygen atoms in total. The summed E-state index contributed by atoms with van der Waals surface area (Å²) in [4.78, 5) is 12.9. The van der Waals surface area contributed by atoms with E-state index >= 15 is 0 Å². The molecule has 2 N–H and O–H groups in total. The van der Waals surface area contributed by atoms with Crippen LogP contribution in [0.15, 0.2) is 65.6 Å². The van der Waals surface area contributed by atoms with E-state index in [4.69, 9.17) is 11.6 Å². The predicted molar refractivity (Wildman–Crippen MR) is 125 cm³/mol. The molecule has 7 heteroatoms.